The summed E-state index contributed by atoms with van der Waals surface area (Å²) in [5.41, 5.74) is 12.7. The van der Waals surface area contributed by atoms with Crippen molar-refractivity contribution in [3.63, 3.8) is 0 Å². The number of hydrogen-bond donors (Lipinski definition) is 1. The summed E-state index contributed by atoms with van der Waals surface area (Å²) < 4.78 is 6.86. The van der Waals surface area contributed by atoms with Crippen LogP contribution in [0.3, 0.4) is 0 Å². The number of para-hydroxylation sites is 1. The van der Waals surface area contributed by atoms with E-state index in [1.54, 1.807) is 0 Å². The van der Waals surface area contributed by atoms with Gasteiger partial charge in [0.15, 0.2) is 5.84 Å². The number of nitrogens with zero attached hydrogens (tertiary/aromatic N) is 2. The monoisotopic (exact) mass is 731 g/mol. The molecule has 1 N–H and O–H groups in total. The molecule has 0 amide bonds. The number of nitrogens with one attached hydrogen (secondary N) is 1. The second kappa shape index (κ2) is 12.5. The lowest BCUT2D eigenvalue weighted by Crippen LogP contribution is -2.37. The smallest absolute Gasteiger partial charge is 0.159 e. The van der Waals surface area contributed by atoms with Crippen LogP contribution in [0.4, 0.5) is 0 Å². The van der Waals surface area contributed by atoms with Crippen molar-refractivity contribution < 1.29 is 4.74 Å². The summed E-state index contributed by atoms with van der Waals surface area (Å²) in [7, 11) is 0. The first-order valence-corrected chi connectivity index (χ1v) is 19.9. The molecular formula is C53H37N3O. The van der Waals surface area contributed by atoms with E-state index >= 15 is 0 Å². The quantitative estimate of drug-likeness (QED) is 0.196. The van der Waals surface area contributed by atoms with Crippen molar-refractivity contribution in [3.05, 3.63) is 232 Å². The topological polar surface area (TPSA) is 46.0 Å². The van der Waals surface area contributed by atoms with Crippen LogP contribution in [0.25, 0.3) is 28.0 Å². The van der Waals surface area contributed by atoms with Gasteiger partial charge in [0.25, 0.3) is 0 Å². The SMILES string of the molecule is C1=CC2c3ccccc3C3(c4ccccc4Oc4cc(-c5cccc(C6=NC(c7cc8c9c(cccc9c7)CC=C8)=NC(c7ccccc7)N6)c5)ccc43)C2C=C1. The van der Waals surface area contributed by atoms with Crippen LogP contribution in [0.5, 0.6) is 11.5 Å². The van der Waals surface area contributed by atoms with Gasteiger partial charge in [-0.15, -0.1) is 0 Å². The predicted molar refractivity (Wildman–Crippen MR) is 231 cm³/mol. The molecule has 0 fully saturated rings. The van der Waals surface area contributed by atoms with Gasteiger partial charge in [-0.25, -0.2) is 9.98 Å². The fraction of sp³-hybridized carbons (Fsp3) is 0.0943. The second-order valence-electron chi connectivity index (χ2n) is 15.7. The number of rotatable bonds is 4. The van der Waals surface area contributed by atoms with Crippen LogP contribution < -0.4 is 10.1 Å². The molecule has 0 bridgehead atoms. The first kappa shape index (κ1) is 32.2. The number of amidine groups is 2. The Labute approximate surface area is 331 Å². The number of fused-ring (bicyclic) bond motifs is 9. The Balaban J connectivity index is 0.969. The highest BCUT2D eigenvalue weighted by atomic mass is 16.5. The Morgan fingerprint density at radius 1 is 0.614 bits per heavy atom. The van der Waals surface area contributed by atoms with Gasteiger partial charge in [-0.05, 0) is 86.5 Å². The van der Waals surface area contributed by atoms with Crippen LogP contribution >= 0.6 is 0 Å². The number of ether oxygens (including phenoxy) is 1. The molecule has 4 unspecified atom stereocenters. The third kappa shape index (κ3) is 4.87. The summed E-state index contributed by atoms with van der Waals surface area (Å²) in [4.78, 5) is 10.5. The van der Waals surface area contributed by atoms with Gasteiger partial charge < -0.3 is 10.1 Å². The fourth-order valence-corrected chi connectivity index (χ4v) is 10.2. The molecule has 57 heavy (non-hydrogen) atoms. The standard InChI is InChI=1S/C53H37N3O/c1-2-13-34(14-3-1)50-54-51(56-52(55-50)40-30-37-18-10-15-33-16-11-19-38(31-40)49(33)37)39-20-12-17-35(29-39)36-27-28-46-48(32-36)57-47-26-9-8-25-45(47)53(46)43-23-6-4-21-41(43)42-22-5-7-24-44(42)53/h1-15,17-32,41,43,50H,16H2,(H,54,55,56). The van der Waals surface area contributed by atoms with Gasteiger partial charge in [0.2, 0.25) is 0 Å². The average molecular weight is 732 g/mol. The Bertz CT molecular complexity index is 2970. The maximum atomic E-state index is 6.86. The summed E-state index contributed by atoms with van der Waals surface area (Å²) in [6, 6.07) is 54.6. The molecule has 0 saturated heterocycles. The van der Waals surface area contributed by atoms with Crippen molar-refractivity contribution in [2.24, 2.45) is 15.9 Å². The molecule has 7 aromatic rings. The number of aliphatic imine (C=N–C) groups is 2. The van der Waals surface area contributed by atoms with Crippen molar-refractivity contribution in [2.45, 2.75) is 23.9 Å². The van der Waals surface area contributed by atoms with E-state index in [0.29, 0.717) is 5.92 Å². The van der Waals surface area contributed by atoms with E-state index in [0.717, 1.165) is 57.4 Å². The molecule has 270 valence electrons. The number of benzene rings is 7. The maximum Gasteiger partial charge on any atom is 0.159 e. The summed E-state index contributed by atoms with van der Waals surface area (Å²) in [5.74, 6) is 3.87. The molecule has 4 nitrogen and oxygen atoms in total. The van der Waals surface area contributed by atoms with Crippen LogP contribution in [0.15, 0.2) is 192 Å². The number of hydrogen-bond acceptors (Lipinski definition) is 4. The third-order valence-electron chi connectivity index (χ3n) is 12.6. The van der Waals surface area contributed by atoms with E-state index < -0.39 is 0 Å². The van der Waals surface area contributed by atoms with Crippen LogP contribution in [0, 0.1) is 5.92 Å². The zero-order valence-corrected chi connectivity index (χ0v) is 31.1. The molecule has 0 radical (unpaired) electrons. The van der Waals surface area contributed by atoms with E-state index in [9.17, 15) is 0 Å². The van der Waals surface area contributed by atoms with E-state index in [1.807, 2.05) is 6.07 Å². The van der Waals surface area contributed by atoms with Crippen molar-refractivity contribution in [1.82, 2.24) is 5.32 Å². The Morgan fingerprint density at radius 3 is 2.35 bits per heavy atom. The van der Waals surface area contributed by atoms with E-state index in [2.05, 4.69) is 187 Å². The van der Waals surface area contributed by atoms with Crippen LogP contribution in [-0.4, -0.2) is 11.7 Å². The number of allylic oxidation sites excluding steroid dienone is 5. The minimum absolute atomic E-state index is 0.237. The molecule has 4 atom stereocenters. The maximum absolute atomic E-state index is 6.86. The van der Waals surface area contributed by atoms with Crippen molar-refractivity contribution >= 4 is 28.5 Å². The first-order chi connectivity index (χ1) is 28.2. The second-order valence-corrected chi connectivity index (χ2v) is 15.7. The van der Waals surface area contributed by atoms with Crippen LogP contribution in [-0.2, 0) is 11.8 Å². The molecule has 3 aliphatic carbocycles. The highest BCUT2D eigenvalue weighted by Crippen LogP contribution is 2.64. The van der Waals surface area contributed by atoms with Crippen LogP contribution in [0.2, 0.25) is 0 Å². The summed E-state index contributed by atoms with van der Waals surface area (Å²) in [6.45, 7) is 0. The van der Waals surface area contributed by atoms with Gasteiger partial charge in [-0.2, -0.15) is 0 Å². The van der Waals surface area contributed by atoms with Gasteiger partial charge in [-0.3, -0.25) is 0 Å². The van der Waals surface area contributed by atoms with E-state index in [4.69, 9.17) is 14.7 Å². The fourth-order valence-electron chi connectivity index (χ4n) is 10.2. The lowest BCUT2D eigenvalue weighted by Gasteiger charge is -2.43. The van der Waals surface area contributed by atoms with Gasteiger partial charge in [0.1, 0.15) is 23.5 Å². The predicted octanol–water partition coefficient (Wildman–Crippen LogP) is 11.9. The largest absolute Gasteiger partial charge is 0.457 e. The lowest BCUT2D eigenvalue weighted by atomic mass is 9.62. The highest BCUT2D eigenvalue weighted by molar-refractivity contribution is 6.15. The van der Waals surface area contributed by atoms with Crippen molar-refractivity contribution in [3.8, 4) is 22.6 Å². The van der Waals surface area contributed by atoms with E-state index in [-0.39, 0.29) is 17.5 Å². The molecule has 1 spiro atoms. The van der Waals surface area contributed by atoms with E-state index in [1.165, 1.54) is 44.2 Å². The molecule has 0 aromatic heterocycles. The summed E-state index contributed by atoms with van der Waals surface area (Å²) >= 11 is 0. The minimum atomic E-state index is -0.366. The molecule has 2 heterocycles. The molecule has 2 aliphatic heterocycles. The van der Waals surface area contributed by atoms with Gasteiger partial charge in [0, 0.05) is 34.1 Å². The van der Waals surface area contributed by atoms with Gasteiger partial charge in [-0.1, -0.05) is 158 Å². The zero-order valence-electron chi connectivity index (χ0n) is 31.1. The normalized spacial score (nSPS) is 21.8. The Morgan fingerprint density at radius 2 is 1.40 bits per heavy atom. The van der Waals surface area contributed by atoms with Crippen molar-refractivity contribution in [2.75, 3.05) is 0 Å². The minimum Gasteiger partial charge on any atom is -0.457 e. The summed E-state index contributed by atoms with van der Waals surface area (Å²) in [6.07, 6.45) is 14.4. The Kier molecular flexibility index (Phi) is 7.06. The van der Waals surface area contributed by atoms with Crippen molar-refractivity contribution in [1.29, 1.82) is 0 Å². The molecule has 5 aliphatic rings. The molecular weight excluding hydrogens is 695 g/mol. The van der Waals surface area contributed by atoms with Crippen LogP contribution in [0.1, 0.15) is 62.2 Å². The Hall–Kier alpha value is -7.04. The molecule has 4 heteroatoms. The average Bonchev–Trinajstić information content (AvgIpc) is 3.57. The molecule has 7 aromatic carbocycles. The first-order valence-electron chi connectivity index (χ1n) is 19.9. The highest BCUT2D eigenvalue weighted by Gasteiger charge is 2.56. The summed E-state index contributed by atoms with van der Waals surface area (Å²) in [5, 5.41) is 6.23. The zero-order chi connectivity index (χ0) is 37.5. The van der Waals surface area contributed by atoms with Gasteiger partial charge in [0.05, 0.1) is 5.41 Å². The molecule has 12 rings (SSSR count). The van der Waals surface area contributed by atoms with Gasteiger partial charge >= 0.3 is 0 Å². The third-order valence-corrected chi connectivity index (χ3v) is 12.6. The lowest BCUT2D eigenvalue weighted by molar-refractivity contribution is 0.374. The molecule has 0 saturated carbocycles.